The van der Waals surface area contributed by atoms with Gasteiger partial charge in [0.15, 0.2) is 6.10 Å². The van der Waals surface area contributed by atoms with Gasteiger partial charge in [0.25, 0.3) is 0 Å². The lowest BCUT2D eigenvalue weighted by Crippen LogP contribution is -2.29. The number of phosphoric acid groups is 1. The van der Waals surface area contributed by atoms with Gasteiger partial charge in [-0.25, -0.2) is 4.57 Å². The molecule has 0 aromatic rings. The Labute approximate surface area is 460 Å². The van der Waals surface area contributed by atoms with E-state index in [2.05, 4.69) is 13.8 Å². The van der Waals surface area contributed by atoms with E-state index < -0.39 is 26.5 Å². The normalized spacial score (nSPS) is 12.9. The largest absolute Gasteiger partial charge is 0.472 e. The molecule has 0 amide bonds. The highest BCUT2D eigenvalue weighted by Crippen LogP contribution is 2.43. The summed E-state index contributed by atoms with van der Waals surface area (Å²) in [5.74, 6) is -0.798. The van der Waals surface area contributed by atoms with Crippen LogP contribution in [-0.4, -0.2) is 49.3 Å². The Bertz CT molecular complexity index is 1170. The van der Waals surface area contributed by atoms with Gasteiger partial charge in [0.2, 0.25) is 0 Å². The summed E-state index contributed by atoms with van der Waals surface area (Å²) in [7, 11) is -4.38. The van der Waals surface area contributed by atoms with Crippen molar-refractivity contribution in [2.75, 3.05) is 26.4 Å². The Morgan fingerprint density at radius 3 is 0.824 bits per heavy atom. The molecule has 10 heteroatoms. The first-order chi connectivity index (χ1) is 36.3. The Morgan fingerprint density at radius 1 is 0.351 bits per heavy atom. The van der Waals surface area contributed by atoms with Gasteiger partial charge in [-0.05, 0) is 12.8 Å². The van der Waals surface area contributed by atoms with Crippen LogP contribution in [0, 0.1) is 0 Å². The molecule has 0 aromatic heterocycles. The van der Waals surface area contributed by atoms with E-state index in [4.69, 9.17) is 24.3 Å². The molecule has 0 heterocycles. The summed E-state index contributed by atoms with van der Waals surface area (Å²) in [6.45, 7) is 3.84. The molecule has 0 aliphatic rings. The van der Waals surface area contributed by atoms with E-state index in [0.717, 1.165) is 32.1 Å². The molecular weight excluding hydrogens is 942 g/mol. The van der Waals surface area contributed by atoms with Gasteiger partial charge in [-0.3, -0.25) is 18.6 Å². The van der Waals surface area contributed by atoms with E-state index >= 15 is 0 Å². The smallest absolute Gasteiger partial charge is 0.462 e. The highest BCUT2D eigenvalue weighted by molar-refractivity contribution is 7.47. The molecule has 2 atom stereocenters. The SMILES string of the molecule is CCCCCCCCCCCCCCCCCCCCCCCCCCCCCCC(=O)OC(COC(=O)CCCCCCCCCCCCCCCCCCCCCCCCCCC)COP(=O)(O)OCCN. The molecule has 74 heavy (non-hydrogen) atoms. The van der Waals surface area contributed by atoms with Crippen LogP contribution >= 0.6 is 7.82 Å². The predicted octanol–water partition coefficient (Wildman–Crippen LogP) is 21.0. The van der Waals surface area contributed by atoms with Crippen molar-refractivity contribution in [2.45, 2.75) is 373 Å². The van der Waals surface area contributed by atoms with Crippen molar-refractivity contribution in [3.8, 4) is 0 Å². The van der Waals surface area contributed by atoms with Crippen LogP contribution in [0.25, 0.3) is 0 Å². The second kappa shape index (κ2) is 61.2. The van der Waals surface area contributed by atoms with E-state index in [0.29, 0.717) is 12.8 Å². The molecule has 0 saturated carbocycles. The third-order valence-electron chi connectivity index (χ3n) is 15.2. The average molecular weight is 1070 g/mol. The van der Waals surface area contributed by atoms with E-state index in [-0.39, 0.29) is 32.1 Å². The van der Waals surface area contributed by atoms with Crippen LogP contribution < -0.4 is 5.73 Å². The highest BCUT2D eigenvalue weighted by Gasteiger charge is 2.26. The van der Waals surface area contributed by atoms with Gasteiger partial charge in [0.05, 0.1) is 13.2 Å². The van der Waals surface area contributed by atoms with Gasteiger partial charge in [-0.2, -0.15) is 0 Å². The number of unbranched alkanes of at least 4 members (excludes halogenated alkanes) is 51. The number of phosphoric ester groups is 1. The number of hydrogen-bond donors (Lipinski definition) is 2. The van der Waals surface area contributed by atoms with Crippen molar-refractivity contribution in [3.63, 3.8) is 0 Å². The van der Waals surface area contributed by atoms with Crippen LogP contribution in [0.4, 0.5) is 0 Å². The molecule has 0 saturated heterocycles. The lowest BCUT2D eigenvalue weighted by Gasteiger charge is -2.19. The zero-order chi connectivity index (χ0) is 53.8. The van der Waals surface area contributed by atoms with Crippen molar-refractivity contribution >= 4 is 19.8 Å². The van der Waals surface area contributed by atoms with Gasteiger partial charge >= 0.3 is 19.8 Å². The van der Waals surface area contributed by atoms with E-state index in [1.807, 2.05) is 0 Å². The van der Waals surface area contributed by atoms with E-state index in [1.165, 1.54) is 302 Å². The molecule has 442 valence electrons. The molecule has 0 rings (SSSR count). The summed E-state index contributed by atoms with van der Waals surface area (Å²) in [5.41, 5.74) is 5.40. The fourth-order valence-electron chi connectivity index (χ4n) is 10.3. The molecule has 0 radical (unpaired) electrons. The number of esters is 2. The second-order valence-electron chi connectivity index (χ2n) is 22.7. The first-order valence-electron chi connectivity index (χ1n) is 33.0. The number of carbonyl (C=O) groups excluding carboxylic acids is 2. The molecule has 0 aromatic carbocycles. The predicted molar refractivity (Wildman–Crippen MR) is 317 cm³/mol. The van der Waals surface area contributed by atoms with Crippen molar-refractivity contribution in [3.05, 3.63) is 0 Å². The van der Waals surface area contributed by atoms with E-state index in [9.17, 15) is 19.0 Å². The number of carbonyl (C=O) groups is 2. The molecule has 0 aliphatic carbocycles. The number of rotatable bonds is 64. The Kier molecular flexibility index (Phi) is 60.4. The van der Waals surface area contributed by atoms with Crippen molar-refractivity contribution < 1.29 is 37.6 Å². The fourth-order valence-corrected chi connectivity index (χ4v) is 11.1. The average Bonchev–Trinajstić information content (AvgIpc) is 3.39. The first-order valence-corrected chi connectivity index (χ1v) is 34.5. The molecule has 0 spiro atoms. The van der Waals surface area contributed by atoms with Crippen LogP contribution in [0.2, 0.25) is 0 Å². The second-order valence-corrected chi connectivity index (χ2v) is 24.2. The third kappa shape index (κ3) is 60.2. The topological polar surface area (TPSA) is 134 Å². The van der Waals surface area contributed by atoms with E-state index in [1.54, 1.807) is 0 Å². The Hall–Kier alpha value is -0.990. The van der Waals surface area contributed by atoms with Gasteiger partial charge in [0.1, 0.15) is 6.61 Å². The van der Waals surface area contributed by atoms with Crippen molar-refractivity contribution in [1.82, 2.24) is 0 Å². The third-order valence-corrected chi connectivity index (χ3v) is 16.2. The summed E-state index contributed by atoms with van der Waals surface area (Å²) >= 11 is 0. The molecule has 0 aliphatic heterocycles. The maximum absolute atomic E-state index is 12.7. The first kappa shape index (κ1) is 73.0. The summed E-state index contributed by atoms with van der Waals surface area (Å²) < 4.78 is 33.2. The standard InChI is InChI=1S/C64H128NO8P/c1-3-5-7-9-11-13-15-17-19-21-23-25-27-29-30-31-33-35-37-39-41-43-45-47-49-51-53-55-57-64(67)73-62(61-72-74(68,69)71-59-58-65)60-70-63(66)56-54-52-50-48-46-44-42-40-38-36-34-32-28-26-24-22-20-18-16-14-12-10-8-6-4-2/h62H,3-61,65H2,1-2H3,(H,68,69). The maximum atomic E-state index is 12.7. The van der Waals surface area contributed by atoms with Gasteiger partial charge < -0.3 is 20.1 Å². The zero-order valence-electron chi connectivity index (χ0n) is 49.6. The van der Waals surface area contributed by atoms with Crippen LogP contribution in [-0.2, 0) is 32.7 Å². The lowest BCUT2D eigenvalue weighted by molar-refractivity contribution is -0.161. The molecule has 3 N–H and O–H groups in total. The molecule has 0 bridgehead atoms. The molecular formula is C64H128NO8P. The fraction of sp³-hybridized carbons (Fsp3) is 0.969. The van der Waals surface area contributed by atoms with Gasteiger partial charge in [-0.1, -0.05) is 341 Å². The zero-order valence-corrected chi connectivity index (χ0v) is 50.5. The van der Waals surface area contributed by atoms with Crippen molar-refractivity contribution in [1.29, 1.82) is 0 Å². The Morgan fingerprint density at radius 2 is 0.581 bits per heavy atom. The quantitative estimate of drug-likeness (QED) is 0.0347. The van der Waals surface area contributed by atoms with Gasteiger partial charge in [-0.15, -0.1) is 0 Å². The number of nitrogens with two attached hydrogens (primary N) is 1. The lowest BCUT2D eigenvalue weighted by atomic mass is 10.0. The van der Waals surface area contributed by atoms with Crippen LogP contribution in [0.15, 0.2) is 0 Å². The summed E-state index contributed by atoms with van der Waals surface area (Å²) in [6.07, 6.45) is 70.5. The Balaban J connectivity index is 3.83. The molecule has 2 unspecified atom stereocenters. The summed E-state index contributed by atoms with van der Waals surface area (Å²) in [4.78, 5) is 35.3. The van der Waals surface area contributed by atoms with Gasteiger partial charge in [0, 0.05) is 19.4 Å². The molecule has 9 nitrogen and oxygen atoms in total. The summed E-state index contributed by atoms with van der Waals surface area (Å²) in [6, 6.07) is 0. The monoisotopic (exact) mass is 1070 g/mol. The minimum Gasteiger partial charge on any atom is -0.462 e. The summed E-state index contributed by atoms with van der Waals surface area (Å²) in [5, 5.41) is 0. The minimum absolute atomic E-state index is 0.0588. The van der Waals surface area contributed by atoms with Crippen LogP contribution in [0.5, 0.6) is 0 Å². The number of ether oxygens (including phenoxy) is 2. The highest BCUT2D eigenvalue weighted by atomic mass is 31.2. The minimum atomic E-state index is -4.38. The number of hydrogen-bond acceptors (Lipinski definition) is 8. The van der Waals surface area contributed by atoms with Crippen molar-refractivity contribution in [2.24, 2.45) is 5.73 Å². The molecule has 0 fully saturated rings. The van der Waals surface area contributed by atoms with Crippen LogP contribution in [0.1, 0.15) is 367 Å². The maximum Gasteiger partial charge on any atom is 0.472 e. The van der Waals surface area contributed by atoms with Crippen LogP contribution in [0.3, 0.4) is 0 Å².